The van der Waals surface area contributed by atoms with Crippen molar-refractivity contribution in [1.82, 2.24) is 0 Å². The van der Waals surface area contributed by atoms with Crippen LogP contribution in [0.5, 0.6) is 0 Å². The van der Waals surface area contributed by atoms with Gasteiger partial charge in [0.05, 0.1) is 8.07 Å². The normalized spacial score (nSPS) is 14.6. The molecule has 0 aliphatic rings. The maximum absolute atomic E-state index is 6.18. The Morgan fingerprint density at radius 1 is 1.00 bits per heavy atom. The molecule has 0 radical (unpaired) electrons. The summed E-state index contributed by atoms with van der Waals surface area (Å²) in [4.78, 5) is 0. The van der Waals surface area contributed by atoms with Gasteiger partial charge in [0, 0.05) is 6.61 Å². The minimum absolute atomic E-state index is 0.658. The molecule has 0 bridgehead atoms. The summed E-state index contributed by atoms with van der Waals surface area (Å²) in [5, 5.41) is 0.658. The average Bonchev–Trinajstić information content (AvgIpc) is 2.18. The fourth-order valence-electron chi connectivity index (χ4n) is 3.16. The molecule has 0 spiro atoms. The van der Waals surface area contributed by atoms with Crippen molar-refractivity contribution in [3.05, 3.63) is 35.4 Å². The summed E-state index contributed by atoms with van der Waals surface area (Å²) in [5.74, 6) is 0. The van der Waals surface area contributed by atoms with Gasteiger partial charge < -0.3 is 4.43 Å². The van der Waals surface area contributed by atoms with E-state index in [9.17, 15) is 0 Å². The first-order valence-electron chi connectivity index (χ1n) is 6.89. The molecule has 0 saturated carbocycles. The van der Waals surface area contributed by atoms with Gasteiger partial charge in [0.15, 0.2) is 8.32 Å². The quantitative estimate of drug-likeness (QED) is 0.708. The lowest BCUT2D eigenvalue weighted by Gasteiger charge is -2.40. The van der Waals surface area contributed by atoms with Gasteiger partial charge in [0.2, 0.25) is 0 Å². The number of hydrogen-bond donors (Lipinski definition) is 0. The van der Waals surface area contributed by atoms with Crippen LogP contribution in [0.1, 0.15) is 23.2 Å². The Bertz CT molecular complexity index is 376. The lowest BCUT2D eigenvalue weighted by Crippen LogP contribution is -2.50. The Kier molecular flexibility index (Phi) is 4.98. The molecule has 0 aromatic heterocycles. The number of hydrogen-bond acceptors (Lipinski definition) is 1. The smallest absolute Gasteiger partial charge is 0.191 e. The number of rotatable bonds is 5. The molecule has 0 fully saturated rings. The molecule has 1 unspecified atom stereocenters. The predicted molar refractivity (Wildman–Crippen MR) is 86.4 cm³/mol. The lowest BCUT2D eigenvalue weighted by molar-refractivity contribution is 0.326. The van der Waals surface area contributed by atoms with Crippen LogP contribution in [0.4, 0.5) is 0 Å². The molecule has 0 aliphatic heterocycles. The van der Waals surface area contributed by atoms with E-state index in [1.54, 1.807) is 0 Å². The van der Waals surface area contributed by atoms with Crippen molar-refractivity contribution in [2.75, 3.05) is 6.61 Å². The van der Waals surface area contributed by atoms with E-state index in [-0.39, 0.29) is 0 Å². The zero-order valence-electron chi connectivity index (χ0n) is 13.0. The van der Waals surface area contributed by atoms with Gasteiger partial charge in [-0.1, -0.05) is 49.5 Å². The third-order valence-electron chi connectivity index (χ3n) is 3.49. The fourth-order valence-corrected chi connectivity index (χ4v) is 14.8. The Labute approximate surface area is 115 Å². The standard InChI is InChI=1S/C15H28OSi2/c1-8-16-18(6,7)15(17(3,4)5)14-11-9-13(2)10-12-14/h9-12,15H,8H2,1-7H3. The third kappa shape index (κ3) is 3.80. The highest BCUT2D eigenvalue weighted by Crippen LogP contribution is 2.36. The van der Waals surface area contributed by atoms with Crippen molar-refractivity contribution in [3.63, 3.8) is 0 Å². The first kappa shape index (κ1) is 15.7. The molecule has 1 aromatic rings. The van der Waals surface area contributed by atoms with E-state index >= 15 is 0 Å². The number of aryl methyl sites for hydroxylation is 1. The van der Waals surface area contributed by atoms with E-state index in [0.29, 0.717) is 5.16 Å². The van der Waals surface area contributed by atoms with E-state index in [1.165, 1.54) is 11.1 Å². The minimum atomic E-state index is -1.66. The fraction of sp³-hybridized carbons (Fsp3) is 0.600. The molecule has 0 saturated heterocycles. The van der Waals surface area contributed by atoms with Crippen molar-refractivity contribution in [3.8, 4) is 0 Å². The van der Waals surface area contributed by atoms with Crippen LogP contribution in [-0.2, 0) is 4.43 Å². The zero-order valence-corrected chi connectivity index (χ0v) is 15.0. The van der Waals surface area contributed by atoms with Crippen LogP contribution in [0.15, 0.2) is 24.3 Å². The van der Waals surface area contributed by atoms with Crippen molar-refractivity contribution in [2.24, 2.45) is 0 Å². The molecule has 1 atom stereocenters. The maximum atomic E-state index is 6.18. The van der Waals surface area contributed by atoms with E-state index in [2.05, 4.69) is 70.8 Å². The van der Waals surface area contributed by atoms with Gasteiger partial charge in [-0.25, -0.2) is 0 Å². The molecular weight excluding hydrogens is 252 g/mol. The van der Waals surface area contributed by atoms with Crippen LogP contribution >= 0.6 is 0 Å². The van der Waals surface area contributed by atoms with Crippen LogP contribution in [0, 0.1) is 6.92 Å². The molecule has 102 valence electrons. The second-order valence-corrected chi connectivity index (χ2v) is 16.7. The summed E-state index contributed by atoms with van der Waals surface area (Å²) in [6, 6.07) is 9.09. The summed E-state index contributed by atoms with van der Waals surface area (Å²) in [5.41, 5.74) is 2.83. The third-order valence-corrected chi connectivity index (χ3v) is 13.0. The van der Waals surface area contributed by atoms with Gasteiger partial charge in [-0.05, 0) is 37.7 Å². The average molecular weight is 281 g/mol. The van der Waals surface area contributed by atoms with Gasteiger partial charge in [0.1, 0.15) is 0 Å². The summed E-state index contributed by atoms with van der Waals surface area (Å²) in [6.45, 7) is 17.2. The van der Waals surface area contributed by atoms with Gasteiger partial charge in [-0.15, -0.1) is 0 Å². The van der Waals surface area contributed by atoms with Crippen LogP contribution in [0.2, 0.25) is 32.7 Å². The Hall–Kier alpha value is -0.386. The SMILES string of the molecule is CCO[Si](C)(C)C(c1ccc(C)cc1)[Si](C)(C)C. The first-order chi connectivity index (χ1) is 8.18. The summed E-state index contributed by atoms with van der Waals surface area (Å²) >= 11 is 0. The Morgan fingerprint density at radius 3 is 1.89 bits per heavy atom. The Balaban J connectivity index is 3.18. The second kappa shape index (κ2) is 5.72. The molecular formula is C15H28OSi2. The largest absolute Gasteiger partial charge is 0.417 e. The van der Waals surface area contributed by atoms with E-state index in [4.69, 9.17) is 4.43 Å². The monoisotopic (exact) mass is 280 g/mol. The second-order valence-electron chi connectivity index (χ2n) is 6.75. The highest BCUT2D eigenvalue weighted by molar-refractivity contribution is 6.94. The molecule has 1 rings (SSSR count). The molecule has 1 nitrogen and oxygen atoms in total. The Morgan fingerprint density at radius 2 is 1.50 bits per heavy atom. The predicted octanol–water partition coefficient (Wildman–Crippen LogP) is 4.74. The summed E-state index contributed by atoms with van der Waals surface area (Å²) < 4.78 is 6.18. The molecule has 1 aromatic carbocycles. The van der Waals surface area contributed by atoms with Crippen molar-refractivity contribution in [1.29, 1.82) is 0 Å². The molecule has 0 heterocycles. The van der Waals surface area contributed by atoms with E-state index in [1.807, 2.05) is 0 Å². The van der Waals surface area contributed by atoms with Gasteiger partial charge >= 0.3 is 0 Å². The highest BCUT2D eigenvalue weighted by atomic mass is 28.4. The minimum Gasteiger partial charge on any atom is -0.417 e. The summed E-state index contributed by atoms with van der Waals surface area (Å²) in [6.07, 6.45) is 0. The van der Waals surface area contributed by atoms with Crippen molar-refractivity contribution >= 4 is 16.4 Å². The van der Waals surface area contributed by atoms with Crippen molar-refractivity contribution < 1.29 is 4.43 Å². The highest BCUT2D eigenvalue weighted by Gasteiger charge is 2.43. The maximum Gasteiger partial charge on any atom is 0.191 e. The topological polar surface area (TPSA) is 9.23 Å². The lowest BCUT2D eigenvalue weighted by atomic mass is 10.2. The van der Waals surface area contributed by atoms with Gasteiger partial charge in [-0.3, -0.25) is 0 Å². The van der Waals surface area contributed by atoms with Gasteiger partial charge in [0.25, 0.3) is 0 Å². The van der Waals surface area contributed by atoms with Gasteiger partial charge in [-0.2, -0.15) is 0 Å². The molecule has 18 heavy (non-hydrogen) atoms. The first-order valence-corrected chi connectivity index (χ1v) is 13.5. The van der Waals surface area contributed by atoms with Crippen molar-refractivity contribution in [2.45, 2.75) is 51.7 Å². The zero-order chi connectivity index (χ0) is 14.0. The van der Waals surface area contributed by atoms with E-state index in [0.717, 1.165) is 6.61 Å². The molecule has 0 amide bonds. The van der Waals surface area contributed by atoms with Crippen LogP contribution in [0.3, 0.4) is 0 Å². The van der Waals surface area contributed by atoms with E-state index < -0.39 is 16.4 Å². The molecule has 0 N–H and O–H groups in total. The van der Waals surface area contributed by atoms with Crippen LogP contribution in [-0.4, -0.2) is 23.0 Å². The van der Waals surface area contributed by atoms with Crippen LogP contribution in [0.25, 0.3) is 0 Å². The number of benzene rings is 1. The van der Waals surface area contributed by atoms with Crippen LogP contribution < -0.4 is 0 Å². The summed E-state index contributed by atoms with van der Waals surface area (Å²) in [7, 11) is -2.95. The molecule has 0 aliphatic carbocycles. The molecule has 3 heteroatoms.